The summed E-state index contributed by atoms with van der Waals surface area (Å²) < 4.78 is 0. The highest BCUT2D eigenvalue weighted by Gasteiger charge is 2.12. The minimum absolute atomic E-state index is 0.324. The summed E-state index contributed by atoms with van der Waals surface area (Å²) in [6, 6.07) is 14.7. The van der Waals surface area contributed by atoms with Crippen molar-refractivity contribution in [1.82, 2.24) is 15.2 Å². The van der Waals surface area contributed by atoms with Crippen LogP contribution in [-0.2, 0) is 13.1 Å². The summed E-state index contributed by atoms with van der Waals surface area (Å²) in [5.41, 5.74) is 2.40. The Morgan fingerprint density at radius 1 is 1.10 bits per heavy atom. The van der Waals surface area contributed by atoms with Crippen LogP contribution in [0.5, 0.6) is 0 Å². The van der Waals surface area contributed by atoms with E-state index in [4.69, 9.17) is 12.2 Å². The van der Waals surface area contributed by atoms with E-state index in [1.54, 1.807) is 6.20 Å². The largest absolute Gasteiger partial charge is 0.360 e. The average Bonchev–Trinajstić information content (AvgIpc) is 2.48. The third-order valence-electron chi connectivity index (χ3n) is 3.01. The monoisotopic (exact) mass is 299 g/mol. The summed E-state index contributed by atoms with van der Waals surface area (Å²) in [6.07, 6.45) is 3.67. The van der Waals surface area contributed by atoms with Gasteiger partial charge in [-0.05, 0) is 43.3 Å². The predicted octanol–water partition coefficient (Wildman–Crippen LogP) is 3.37. The number of aromatic nitrogens is 1. The highest BCUT2D eigenvalue weighted by atomic mass is 32.1. The molecule has 1 heterocycles. The van der Waals surface area contributed by atoms with Crippen molar-refractivity contribution in [2.75, 3.05) is 0 Å². The Labute approximate surface area is 132 Å². The molecule has 1 N–H and O–H groups in total. The van der Waals surface area contributed by atoms with Crippen molar-refractivity contribution in [3.8, 4) is 0 Å². The number of benzene rings is 1. The number of pyridine rings is 1. The SMILES string of the molecule is CC(C)NC(=S)N(Cc1ccccc1)Cc1cccnc1. The van der Waals surface area contributed by atoms with Crippen LogP contribution in [-0.4, -0.2) is 21.0 Å². The highest BCUT2D eigenvalue weighted by Crippen LogP contribution is 2.10. The van der Waals surface area contributed by atoms with E-state index in [9.17, 15) is 0 Å². The molecule has 0 unspecified atom stereocenters. The van der Waals surface area contributed by atoms with Crippen LogP contribution in [0.3, 0.4) is 0 Å². The van der Waals surface area contributed by atoms with Gasteiger partial charge in [-0.25, -0.2) is 0 Å². The molecule has 0 aliphatic rings. The zero-order chi connectivity index (χ0) is 15.1. The van der Waals surface area contributed by atoms with Crippen LogP contribution < -0.4 is 5.32 Å². The zero-order valence-electron chi connectivity index (χ0n) is 12.5. The molecule has 21 heavy (non-hydrogen) atoms. The van der Waals surface area contributed by atoms with Crippen molar-refractivity contribution in [3.63, 3.8) is 0 Å². The summed E-state index contributed by atoms with van der Waals surface area (Å²) in [4.78, 5) is 6.34. The predicted molar refractivity (Wildman–Crippen MR) is 90.8 cm³/mol. The van der Waals surface area contributed by atoms with Crippen molar-refractivity contribution in [3.05, 3.63) is 66.0 Å². The van der Waals surface area contributed by atoms with E-state index in [1.165, 1.54) is 5.56 Å². The third kappa shape index (κ3) is 5.16. The average molecular weight is 299 g/mol. The van der Waals surface area contributed by atoms with Crippen LogP contribution in [0.1, 0.15) is 25.0 Å². The lowest BCUT2D eigenvalue weighted by atomic mass is 10.2. The highest BCUT2D eigenvalue weighted by molar-refractivity contribution is 7.80. The molecule has 4 heteroatoms. The van der Waals surface area contributed by atoms with Crippen LogP contribution in [0.25, 0.3) is 0 Å². The first-order valence-corrected chi connectivity index (χ1v) is 7.54. The van der Waals surface area contributed by atoms with Gasteiger partial charge in [-0.2, -0.15) is 0 Å². The van der Waals surface area contributed by atoms with Gasteiger partial charge in [0.15, 0.2) is 5.11 Å². The van der Waals surface area contributed by atoms with E-state index in [2.05, 4.69) is 59.4 Å². The van der Waals surface area contributed by atoms with E-state index in [0.717, 1.165) is 23.8 Å². The van der Waals surface area contributed by atoms with Crippen molar-refractivity contribution in [1.29, 1.82) is 0 Å². The number of hydrogen-bond acceptors (Lipinski definition) is 2. The maximum atomic E-state index is 5.54. The standard InChI is InChI=1S/C17H21N3S/c1-14(2)19-17(21)20(12-15-7-4-3-5-8-15)13-16-9-6-10-18-11-16/h3-11,14H,12-13H2,1-2H3,(H,19,21). The van der Waals surface area contributed by atoms with Crippen LogP contribution in [0, 0.1) is 0 Å². The molecule has 0 bridgehead atoms. The lowest BCUT2D eigenvalue weighted by Crippen LogP contribution is -2.42. The van der Waals surface area contributed by atoms with Crippen LogP contribution in [0.15, 0.2) is 54.9 Å². The molecular weight excluding hydrogens is 278 g/mol. The molecule has 0 spiro atoms. The lowest BCUT2D eigenvalue weighted by molar-refractivity contribution is 0.394. The fraction of sp³-hybridized carbons (Fsp3) is 0.294. The molecule has 0 amide bonds. The molecule has 1 aromatic carbocycles. The fourth-order valence-corrected chi connectivity index (χ4v) is 2.42. The molecule has 110 valence electrons. The minimum Gasteiger partial charge on any atom is -0.360 e. The second-order valence-corrected chi connectivity index (χ2v) is 5.69. The number of nitrogens with zero attached hydrogens (tertiary/aromatic N) is 2. The van der Waals surface area contributed by atoms with Crippen LogP contribution >= 0.6 is 12.2 Å². The Morgan fingerprint density at radius 2 is 1.76 bits per heavy atom. The first kappa shape index (κ1) is 15.4. The summed E-state index contributed by atoms with van der Waals surface area (Å²) in [7, 11) is 0. The van der Waals surface area contributed by atoms with Crippen molar-refractivity contribution < 1.29 is 0 Å². The van der Waals surface area contributed by atoms with Gasteiger partial charge in [0, 0.05) is 31.5 Å². The lowest BCUT2D eigenvalue weighted by Gasteiger charge is -2.27. The van der Waals surface area contributed by atoms with Gasteiger partial charge in [-0.3, -0.25) is 4.98 Å². The molecular formula is C17H21N3S. The molecule has 1 aromatic heterocycles. The van der Waals surface area contributed by atoms with E-state index in [-0.39, 0.29) is 0 Å². The van der Waals surface area contributed by atoms with E-state index in [0.29, 0.717) is 6.04 Å². The second kappa shape index (κ2) is 7.74. The molecule has 0 saturated carbocycles. The number of hydrogen-bond donors (Lipinski definition) is 1. The maximum absolute atomic E-state index is 5.54. The van der Waals surface area contributed by atoms with Gasteiger partial charge in [-0.15, -0.1) is 0 Å². The zero-order valence-corrected chi connectivity index (χ0v) is 13.3. The van der Waals surface area contributed by atoms with E-state index in [1.807, 2.05) is 18.3 Å². The first-order chi connectivity index (χ1) is 10.1. The minimum atomic E-state index is 0.324. The number of rotatable bonds is 5. The second-order valence-electron chi connectivity index (χ2n) is 5.31. The summed E-state index contributed by atoms with van der Waals surface area (Å²) in [5.74, 6) is 0. The van der Waals surface area contributed by atoms with Gasteiger partial charge in [0.1, 0.15) is 0 Å². The van der Waals surface area contributed by atoms with E-state index >= 15 is 0 Å². The van der Waals surface area contributed by atoms with Crippen molar-refractivity contribution in [2.24, 2.45) is 0 Å². The third-order valence-corrected chi connectivity index (χ3v) is 3.39. The molecule has 0 aliphatic carbocycles. The Bertz CT molecular complexity index is 513. The van der Waals surface area contributed by atoms with Gasteiger partial charge in [0.2, 0.25) is 0 Å². The van der Waals surface area contributed by atoms with Crippen molar-refractivity contribution in [2.45, 2.75) is 33.0 Å². The number of nitrogens with one attached hydrogen (secondary N) is 1. The van der Waals surface area contributed by atoms with Gasteiger partial charge < -0.3 is 10.2 Å². The van der Waals surface area contributed by atoms with E-state index < -0.39 is 0 Å². The molecule has 0 fully saturated rings. The molecule has 0 aliphatic heterocycles. The Kier molecular flexibility index (Phi) is 5.69. The molecule has 3 nitrogen and oxygen atoms in total. The normalized spacial score (nSPS) is 10.4. The topological polar surface area (TPSA) is 28.2 Å². The molecule has 2 rings (SSSR count). The molecule has 2 aromatic rings. The first-order valence-electron chi connectivity index (χ1n) is 7.13. The quantitative estimate of drug-likeness (QED) is 0.857. The smallest absolute Gasteiger partial charge is 0.169 e. The summed E-state index contributed by atoms with van der Waals surface area (Å²) in [5, 5.41) is 4.10. The summed E-state index contributed by atoms with van der Waals surface area (Å²) in [6.45, 7) is 5.73. The van der Waals surface area contributed by atoms with Gasteiger partial charge in [0.25, 0.3) is 0 Å². The fourth-order valence-electron chi connectivity index (χ4n) is 2.05. The summed E-state index contributed by atoms with van der Waals surface area (Å²) >= 11 is 5.54. The maximum Gasteiger partial charge on any atom is 0.169 e. The van der Waals surface area contributed by atoms with Gasteiger partial charge >= 0.3 is 0 Å². The Balaban J connectivity index is 2.12. The van der Waals surface area contributed by atoms with Gasteiger partial charge in [0.05, 0.1) is 0 Å². The molecule has 0 atom stereocenters. The molecule has 0 radical (unpaired) electrons. The Hall–Kier alpha value is -1.94. The Morgan fingerprint density at radius 3 is 2.38 bits per heavy atom. The van der Waals surface area contributed by atoms with Crippen LogP contribution in [0.2, 0.25) is 0 Å². The van der Waals surface area contributed by atoms with Gasteiger partial charge in [-0.1, -0.05) is 36.4 Å². The van der Waals surface area contributed by atoms with Crippen molar-refractivity contribution >= 4 is 17.3 Å². The van der Waals surface area contributed by atoms with Crippen LogP contribution in [0.4, 0.5) is 0 Å². The molecule has 0 saturated heterocycles. The number of thiocarbonyl (C=S) groups is 1.